The van der Waals surface area contributed by atoms with Crippen molar-refractivity contribution in [1.29, 1.82) is 0 Å². The SMILES string of the molecule is Cc1ccn(C[C@H](C)NC(=O)c2ccc3c(c2)c(C)c(C)n3Cc2ccccc2)n1. The lowest BCUT2D eigenvalue weighted by Gasteiger charge is -2.14. The fourth-order valence-electron chi connectivity index (χ4n) is 3.96. The Kier molecular flexibility index (Phi) is 5.44. The minimum absolute atomic E-state index is 0.0157. The Hall–Kier alpha value is -3.34. The van der Waals surface area contributed by atoms with E-state index in [9.17, 15) is 4.79 Å². The number of carbonyl (C=O) groups excluding carboxylic acids is 1. The summed E-state index contributed by atoms with van der Waals surface area (Å²) in [4.78, 5) is 12.8. The van der Waals surface area contributed by atoms with Gasteiger partial charge < -0.3 is 9.88 Å². The van der Waals surface area contributed by atoms with Crippen molar-refractivity contribution in [2.24, 2.45) is 0 Å². The molecular formula is C25H28N4O. The molecule has 30 heavy (non-hydrogen) atoms. The smallest absolute Gasteiger partial charge is 0.251 e. The molecule has 0 fully saturated rings. The van der Waals surface area contributed by atoms with Crippen molar-refractivity contribution in [2.45, 2.75) is 46.8 Å². The first-order chi connectivity index (χ1) is 14.4. The van der Waals surface area contributed by atoms with Crippen molar-refractivity contribution in [2.75, 3.05) is 0 Å². The molecule has 0 aliphatic rings. The van der Waals surface area contributed by atoms with Crippen LogP contribution in [0.1, 0.15) is 39.8 Å². The summed E-state index contributed by atoms with van der Waals surface area (Å²) in [7, 11) is 0. The molecule has 4 rings (SSSR count). The number of amides is 1. The van der Waals surface area contributed by atoms with Gasteiger partial charge in [-0.2, -0.15) is 5.10 Å². The van der Waals surface area contributed by atoms with Crippen LogP contribution in [0.5, 0.6) is 0 Å². The summed E-state index contributed by atoms with van der Waals surface area (Å²) in [5.74, 6) is -0.0545. The number of nitrogens with zero attached hydrogens (tertiary/aromatic N) is 3. The third-order valence-corrected chi connectivity index (χ3v) is 5.70. The first-order valence-electron chi connectivity index (χ1n) is 10.4. The van der Waals surface area contributed by atoms with Crippen molar-refractivity contribution in [3.8, 4) is 0 Å². The Labute approximate surface area is 177 Å². The molecule has 0 saturated carbocycles. The van der Waals surface area contributed by atoms with Gasteiger partial charge in [0.2, 0.25) is 0 Å². The van der Waals surface area contributed by atoms with Crippen molar-refractivity contribution in [3.05, 3.63) is 88.9 Å². The highest BCUT2D eigenvalue weighted by Crippen LogP contribution is 2.27. The molecule has 1 atom stereocenters. The van der Waals surface area contributed by atoms with E-state index in [1.807, 2.05) is 49.0 Å². The number of rotatable bonds is 6. The lowest BCUT2D eigenvalue weighted by atomic mass is 10.1. The molecule has 5 nitrogen and oxygen atoms in total. The predicted molar refractivity (Wildman–Crippen MR) is 121 cm³/mol. The minimum atomic E-state index is -0.0545. The van der Waals surface area contributed by atoms with Gasteiger partial charge in [0.15, 0.2) is 0 Å². The molecule has 154 valence electrons. The molecule has 2 aromatic carbocycles. The highest BCUT2D eigenvalue weighted by molar-refractivity contribution is 5.99. The fraction of sp³-hybridized carbons (Fsp3) is 0.280. The van der Waals surface area contributed by atoms with Crippen LogP contribution in [0.3, 0.4) is 0 Å². The van der Waals surface area contributed by atoms with Gasteiger partial charge in [-0.3, -0.25) is 9.48 Å². The van der Waals surface area contributed by atoms with Gasteiger partial charge in [0, 0.05) is 40.9 Å². The lowest BCUT2D eigenvalue weighted by molar-refractivity contribution is 0.0936. The van der Waals surface area contributed by atoms with Crippen LogP contribution in [0.25, 0.3) is 10.9 Å². The molecule has 0 unspecified atom stereocenters. The van der Waals surface area contributed by atoms with Crippen molar-refractivity contribution in [3.63, 3.8) is 0 Å². The maximum absolute atomic E-state index is 12.8. The highest BCUT2D eigenvalue weighted by atomic mass is 16.1. The Bertz CT molecular complexity index is 1190. The van der Waals surface area contributed by atoms with Crippen molar-refractivity contribution >= 4 is 16.8 Å². The molecule has 0 bridgehead atoms. The highest BCUT2D eigenvalue weighted by Gasteiger charge is 2.16. The Morgan fingerprint density at radius 3 is 2.53 bits per heavy atom. The summed E-state index contributed by atoms with van der Waals surface area (Å²) in [5, 5.41) is 8.62. The molecule has 0 aliphatic carbocycles. The summed E-state index contributed by atoms with van der Waals surface area (Å²) < 4.78 is 4.19. The van der Waals surface area contributed by atoms with Crippen molar-refractivity contribution < 1.29 is 4.79 Å². The molecule has 1 amide bonds. The Balaban J connectivity index is 1.55. The largest absolute Gasteiger partial charge is 0.348 e. The molecule has 0 radical (unpaired) electrons. The molecule has 0 spiro atoms. The molecule has 5 heteroatoms. The van der Waals surface area contributed by atoms with E-state index >= 15 is 0 Å². The average Bonchev–Trinajstić information content (AvgIpc) is 3.24. The topological polar surface area (TPSA) is 51.9 Å². The second kappa shape index (κ2) is 8.19. The summed E-state index contributed by atoms with van der Waals surface area (Å²) in [6.45, 7) is 9.70. The number of aryl methyl sites for hydroxylation is 2. The number of carbonyl (C=O) groups is 1. The van der Waals surface area contributed by atoms with Gasteiger partial charge in [-0.05, 0) is 63.1 Å². The van der Waals surface area contributed by atoms with Gasteiger partial charge in [-0.25, -0.2) is 0 Å². The van der Waals surface area contributed by atoms with Crippen molar-refractivity contribution in [1.82, 2.24) is 19.7 Å². The Morgan fingerprint density at radius 2 is 1.83 bits per heavy atom. The minimum Gasteiger partial charge on any atom is -0.348 e. The number of benzene rings is 2. The van der Waals surface area contributed by atoms with Crippen LogP contribution in [0, 0.1) is 20.8 Å². The Morgan fingerprint density at radius 1 is 1.07 bits per heavy atom. The van der Waals surface area contributed by atoms with Gasteiger partial charge in [0.1, 0.15) is 0 Å². The second-order valence-corrected chi connectivity index (χ2v) is 8.07. The summed E-state index contributed by atoms with van der Waals surface area (Å²) in [6.07, 6.45) is 1.94. The normalized spacial score (nSPS) is 12.3. The van der Waals surface area contributed by atoms with Gasteiger partial charge in [0.25, 0.3) is 5.91 Å². The van der Waals surface area contributed by atoms with Crippen LogP contribution in [0.2, 0.25) is 0 Å². The zero-order valence-corrected chi connectivity index (χ0v) is 18.0. The van der Waals surface area contributed by atoms with Gasteiger partial charge in [-0.15, -0.1) is 0 Å². The number of nitrogens with one attached hydrogen (secondary N) is 1. The quantitative estimate of drug-likeness (QED) is 0.513. The predicted octanol–water partition coefficient (Wildman–Crippen LogP) is 4.63. The van der Waals surface area contributed by atoms with E-state index in [2.05, 4.69) is 59.2 Å². The van der Waals surface area contributed by atoms with Crippen LogP contribution in [0.4, 0.5) is 0 Å². The third-order valence-electron chi connectivity index (χ3n) is 5.70. The van der Waals surface area contributed by atoms with E-state index in [0.717, 1.165) is 23.1 Å². The lowest BCUT2D eigenvalue weighted by Crippen LogP contribution is -2.35. The second-order valence-electron chi connectivity index (χ2n) is 8.07. The summed E-state index contributed by atoms with van der Waals surface area (Å²) >= 11 is 0. The molecule has 1 N–H and O–H groups in total. The molecule has 0 saturated heterocycles. The van der Waals surface area contributed by atoms with E-state index in [1.54, 1.807) is 0 Å². The molecule has 4 aromatic rings. The molecule has 2 heterocycles. The zero-order chi connectivity index (χ0) is 21.3. The van der Waals surface area contributed by atoms with Crippen LogP contribution >= 0.6 is 0 Å². The number of fused-ring (bicyclic) bond motifs is 1. The molecule has 0 aliphatic heterocycles. The van der Waals surface area contributed by atoms with E-state index in [1.165, 1.54) is 16.8 Å². The van der Waals surface area contributed by atoms with E-state index < -0.39 is 0 Å². The maximum atomic E-state index is 12.8. The zero-order valence-electron chi connectivity index (χ0n) is 18.0. The number of hydrogen-bond acceptors (Lipinski definition) is 2. The standard InChI is InChI=1S/C25H28N4O/c1-17-12-13-28(27-17)15-18(2)26-25(30)22-10-11-24-23(14-22)19(3)20(4)29(24)16-21-8-6-5-7-9-21/h5-14,18H,15-16H2,1-4H3,(H,26,30)/t18-/m0/s1. The van der Waals surface area contributed by atoms with Gasteiger partial charge in [-0.1, -0.05) is 30.3 Å². The van der Waals surface area contributed by atoms with Gasteiger partial charge >= 0.3 is 0 Å². The van der Waals surface area contributed by atoms with E-state index in [0.29, 0.717) is 12.1 Å². The average molecular weight is 401 g/mol. The maximum Gasteiger partial charge on any atom is 0.251 e. The first kappa shape index (κ1) is 20.0. The van der Waals surface area contributed by atoms with Crippen LogP contribution in [-0.2, 0) is 13.1 Å². The number of hydrogen-bond donors (Lipinski definition) is 1. The van der Waals surface area contributed by atoms with Gasteiger partial charge in [0.05, 0.1) is 12.2 Å². The monoisotopic (exact) mass is 400 g/mol. The van der Waals surface area contributed by atoms with E-state index in [4.69, 9.17) is 0 Å². The first-order valence-corrected chi connectivity index (χ1v) is 10.4. The third kappa shape index (κ3) is 4.01. The fourth-order valence-corrected chi connectivity index (χ4v) is 3.96. The van der Waals surface area contributed by atoms with E-state index in [-0.39, 0.29) is 11.9 Å². The summed E-state index contributed by atoms with van der Waals surface area (Å²) in [5.41, 5.74) is 6.53. The van der Waals surface area contributed by atoms with Crippen LogP contribution < -0.4 is 5.32 Å². The number of aromatic nitrogens is 3. The van der Waals surface area contributed by atoms with Crippen LogP contribution in [-0.4, -0.2) is 26.3 Å². The molecular weight excluding hydrogens is 372 g/mol. The molecule has 2 aromatic heterocycles. The summed E-state index contributed by atoms with van der Waals surface area (Å²) in [6, 6.07) is 18.4. The van der Waals surface area contributed by atoms with Crippen LogP contribution in [0.15, 0.2) is 60.8 Å².